The summed E-state index contributed by atoms with van der Waals surface area (Å²) in [7, 11) is 0. The van der Waals surface area contributed by atoms with Crippen LogP contribution in [0.4, 0.5) is 10.1 Å². The SMILES string of the molecule is Cc1cc(F)ccc1C(=O)Nc1cnc(Cl)c(C)c1. The molecule has 3 nitrogen and oxygen atoms in total. The molecule has 0 aliphatic carbocycles. The van der Waals surface area contributed by atoms with Gasteiger partial charge in [0.1, 0.15) is 11.0 Å². The summed E-state index contributed by atoms with van der Waals surface area (Å²) in [5.41, 5.74) is 2.33. The van der Waals surface area contributed by atoms with Crippen molar-refractivity contribution in [1.82, 2.24) is 4.98 Å². The Labute approximate surface area is 115 Å². The van der Waals surface area contributed by atoms with Crippen molar-refractivity contribution in [2.24, 2.45) is 0 Å². The molecule has 1 heterocycles. The van der Waals surface area contributed by atoms with Crippen LogP contribution in [0.15, 0.2) is 30.5 Å². The van der Waals surface area contributed by atoms with Gasteiger partial charge in [-0.25, -0.2) is 9.37 Å². The predicted molar refractivity (Wildman–Crippen MR) is 73.1 cm³/mol. The van der Waals surface area contributed by atoms with Crippen LogP contribution < -0.4 is 5.32 Å². The van der Waals surface area contributed by atoms with Gasteiger partial charge in [-0.1, -0.05) is 11.6 Å². The van der Waals surface area contributed by atoms with Crippen molar-refractivity contribution >= 4 is 23.2 Å². The molecule has 98 valence electrons. The number of carbonyl (C=O) groups is 1. The third-order valence-electron chi connectivity index (χ3n) is 2.71. The van der Waals surface area contributed by atoms with Gasteiger partial charge in [0.25, 0.3) is 5.91 Å². The lowest BCUT2D eigenvalue weighted by atomic mass is 10.1. The highest BCUT2D eigenvalue weighted by atomic mass is 35.5. The number of pyridine rings is 1. The van der Waals surface area contributed by atoms with Crippen LogP contribution in [0.1, 0.15) is 21.5 Å². The van der Waals surface area contributed by atoms with Crippen LogP contribution in [0.3, 0.4) is 0 Å². The Balaban J connectivity index is 2.23. The van der Waals surface area contributed by atoms with Crippen LogP contribution >= 0.6 is 11.6 Å². The minimum absolute atomic E-state index is 0.305. The number of nitrogens with one attached hydrogen (secondary N) is 1. The third kappa shape index (κ3) is 3.09. The highest BCUT2D eigenvalue weighted by Crippen LogP contribution is 2.18. The number of aromatic nitrogens is 1. The molecule has 2 rings (SSSR count). The fraction of sp³-hybridized carbons (Fsp3) is 0.143. The minimum atomic E-state index is -0.363. The van der Waals surface area contributed by atoms with Gasteiger partial charge in [-0.05, 0) is 49.2 Å². The van der Waals surface area contributed by atoms with Crippen molar-refractivity contribution in [2.45, 2.75) is 13.8 Å². The Morgan fingerprint density at radius 1 is 1.26 bits per heavy atom. The number of aryl methyl sites for hydroxylation is 2. The molecule has 19 heavy (non-hydrogen) atoms. The molecule has 0 saturated carbocycles. The third-order valence-corrected chi connectivity index (χ3v) is 3.10. The Bertz CT molecular complexity index is 643. The minimum Gasteiger partial charge on any atom is -0.321 e. The Morgan fingerprint density at radius 3 is 2.63 bits per heavy atom. The van der Waals surface area contributed by atoms with Gasteiger partial charge in [0.05, 0.1) is 11.9 Å². The first-order valence-corrected chi connectivity index (χ1v) is 6.05. The molecule has 1 aromatic heterocycles. The van der Waals surface area contributed by atoms with E-state index in [2.05, 4.69) is 10.3 Å². The summed E-state index contributed by atoms with van der Waals surface area (Å²) in [5.74, 6) is -0.668. The molecule has 0 aliphatic rings. The average molecular weight is 279 g/mol. The summed E-state index contributed by atoms with van der Waals surface area (Å²) in [6.07, 6.45) is 1.48. The zero-order valence-electron chi connectivity index (χ0n) is 10.5. The first kappa shape index (κ1) is 13.5. The molecule has 1 N–H and O–H groups in total. The first-order chi connectivity index (χ1) is 8.97. The van der Waals surface area contributed by atoms with E-state index in [0.29, 0.717) is 22.0 Å². The highest BCUT2D eigenvalue weighted by Gasteiger charge is 2.10. The maximum Gasteiger partial charge on any atom is 0.255 e. The van der Waals surface area contributed by atoms with E-state index in [1.165, 1.54) is 24.4 Å². The molecule has 2 aromatic rings. The van der Waals surface area contributed by atoms with Crippen LogP contribution in [0.25, 0.3) is 0 Å². The molecule has 0 radical (unpaired) electrons. The topological polar surface area (TPSA) is 42.0 Å². The normalized spacial score (nSPS) is 10.3. The number of carbonyl (C=O) groups excluding carboxylic acids is 1. The van der Waals surface area contributed by atoms with Crippen molar-refractivity contribution < 1.29 is 9.18 Å². The fourth-order valence-electron chi connectivity index (χ4n) is 1.71. The van der Waals surface area contributed by atoms with Gasteiger partial charge < -0.3 is 5.32 Å². The van der Waals surface area contributed by atoms with Crippen molar-refractivity contribution in [3.05, 3.63) is 58.1 Å². The summed E-state index contributed by atoms with van der Waals surface area (Å²) in [6.45, 7) is 3.48. The van der Waals surface area contributed by atoms with Crippen LogP contribution in [0.5, 0.6) is 0 Å². The molecule has 1 amide bonds. The maximum atomic E-state index is 13.0. The van der Waals surface area contributed by atoms with Crippen molar-refractivity contribution in [2.75, 3.05) is 5.32 Å². The number of benzene rings is 1. The first-order valence-electron chi connectivity index (χ1n) is 5.67. The van der Waals surface area contributed by atoms with Gasteiger partial charge in [-0.2, -0.15) is 0 Å². The molecular formula is C14H12ClFN2O. The van der Waals surface area contributed by atoms with Gasteiger partial charge in [-0.3, -0.25) is 4.79 Å². The molecule has 0 fully saturated rings. The molecule has 0 saturated heterocycles. The number of rotatable bonds is 2. The van der Waals surface area contributed by atoms with Crippen molar-refractivity contribution in [3.63, 3.8) is 0 Å². The quantitative estimate of drug-likeness (QED) is 0.850. The number of hydrogen-bond acceptors (Lipinski definition) is 2. The van der Waals surface area contributed by atoms with E-state index < -0.39 is 0 Å². The van der Waals surface area contributed by atoms with Crippen LogP contribution in [0, 0.1) is 19.7 Å². The van der Waals surface area contributed by atoms with Crippen LogP contribution in [0.2, 0.25) is 5.15 Å². The number of anilines is 1. The lowest BCUT2D eigenvalue weighted by Crippen LogP contribution is -2.13. The monoisotopic (exact) mass is 278 g/mol. The van der Waals surface area contributed by atoms with Crippen LogP contribution in [-0.4, -0.2) is 10.9 Å². The van der Waals surface area contributed by atoms with E-state index >= 15 is 0 Å². The van der Waals surface area contributed by atoms with E-state index in [1.54, 1.807) is 19.9 Å². The van der Waals surface area contributed by atoms with E-state index in [-0.39, 0.29) is 11.7 Å². The number of nitrogens with zero attached hydrogens (tertiary/aromatic N) is 1. The van der Waals surface area contributed by atoms with E-state index in [1.807, 2.05) is 0 Å². The zero-order valence-corrected chi connectivity index (χ0v) is 11.3. The van der Waals surface area contributed by atoms with Gasteiger partial charge in [0.2, 0.25) is 0 Å². The second-order valence-electron chi connectivity index (χ2n) is 4.25. The lowest BCUT2D eigenvalue weighted by Gasteiger charge is -2.08. The largest absolute Gasteiger partial charge is 0.321 e. The predicted octanol–water partition coefficient (Wildman–Crippen LogP) is 3.74. The lowest BCUT2D eigenvalue weighted by molar-refractivity contribution is 0.102. The molecule has 0 bridgehead atoms. The molecule has 0 atom stereocenters. The van der Waals surface area contributed by atoms with Gasteiger partial charge >= 0.3 is 0 Å². The fourth-order valence-corrected chi connectivity index (χ4v) is 1.81. The van der Waals surface area contributed by atoms with Gasteiger partial charge in [-0.15, -0.1) is 0 Å². The highest BCUT2D eigenvalue weighted by molar-refractivity contribution is 6.30. The summed E-state index contributed by atoms with van der Waals surface area (Å²) in [5, 5.41) is 3.10. The number of hydrogen-bond donors (Lipinski definition) is 1. The Kier molecular flexibility index (Phi) is 3.81. The second-order valence-corrected chi connectivity index (χ2v) is 4.60. The van der Waals surface area contributed by atoms with Gasteiger partial charge in [0.15, 0.2) is 0 Å². The summed E-state index contributed by atoms with van der Waals surface area (Å²) in [4.78, 5) is 16.0. The summed E-state index contributed by atoms with van der Waals surface area (Å²) >= 11 is 5.81. The molecule has 0 unspecified atom stereocenters. The van der Waals surface area contributed by atoms with Crippen molar-refractivity contribution in [1.29, 1.82) is 0 Å². The number of halogens is 2. The van der Waals surface area contributed by atoms with E-state index in [9.17, 15) is 9.18 Å². The molecule has 0 aliphatic heterocycles. The summed E-state index contributed by atoms with van der Waals surface area (Å²) < 4.78 is 13.0. The maximum absolute atomic E-state index is 13.0. The standard InChI is InChI=1S/C14H12ClFN2O/c1-8-5-10(16)3-4-12(8)14(19)18-11-6-9(2)13(15)17-7-11/h3-7H,1-2H3,(H,18,19). The summed E-state index contributed by atoms with van der Waals surface area (Å²) in [6, 6.07) is 5.76. The number of amides is 1. The van der Waals surface area contributed by atoms with Crippen LogP contribution in [-0.2, 0) is 0 Å². The van der Waals surface area contributed by atoms with E-state index in [4.69, 9.17) is 11.6 Å². The Morgan fingerprint density at radius 2 is 2.00 bits per heavy atom. The van der Waals surface area contributed by atoms with E-state index in [0.717, 1.165) is 5.56 Å². The Hall–Kier alpha value is -1.94. The smallest absolute Gasteiger partial charge is 0.255 e. The molecule has 0 spiro atoms. The second kappa shape index (κ2) is 5.36. The zero-order chi connectivity index (χ0) is 14.0. The molecule has 5 heteroatoms. The molecular weight excluding hydrogens is 267 g/mol. The van der Waals surface area contributed by atoms with Crippen molar-refractivity contribution in [3.8, 4) is 0 Å². The molecule has 1 aromatic carbocycles. The van der Waals surface area contributed by atoms with Gasteiger partial charge in [0, 0.05) is 5.56 Å². The average Bonchev–Trinajstić information content (AvgIpc) is 2.33.